The molecule has 1 aromatic heterocycles. The van der Waals surface area contributed by atoms with Gasteiger partial charge in [0.1, 0.15) is 5.92 Å². The van der Waals surface area contributed by atoms with Crippen molar-refractivity contribution in [1.29, 1.82) is 0 Å². The lowest BCUT2D eigenvalue weighted by molar-refractivity contribution is -0.141. The van der Waals surface area contributed by atoms with E-state index in [-0.39, 0.29) is 18.4 Å². The Hall–Kier alpha value is -3.13. The zero-order valence-electron chi connectivity index (χ0n) is 16.8. The highest BCUT2D eigenvalue weighted by molar-refractivity contribution is 6.43. The molecule has 0 N–H and O–H groups in total. The summed E-state index contributed by atoms with van der Waals surface area (Å²) in [5.41, 5.74) is 0.606. The second-order valence-electron chi connectivity index (χ2n) is 7.34. The number of carbonyl (C=O) groups excluding carboxylic acids is 3. The average molecular weight is 413 g/mol. The largest absolute Gasteiger partial charge is 0.493 e. The van der Waals surface area contributed by atoms with Crippen LogP contribution in [-0.2, 0) is 14.3 Å². The van der Waals surface area contributed by atoms with Gasteiger partial charge in [0.15, 0.2) is 17.3 Å². The quantitative estimate of drug-likeness (QED) is 0.391. The van der Waals surface area contributed by atoms with Gasteiger partial charge in [0.25, 0.3) is 5.91 Å². The number of amides is 1. The van der Waals surface area contributed by atoms with Crippen molar-refractivity contribution >= 4 is 17.5 Å². The van der Waals surface area contributed by atoms with Crippen molar-refractivity contribution < 1.29 is 33.0 Å². The second-order valence-corrected chi connectivity index (χ2v) is 7.34. The van der Waals surface area contributed by atoms with Gasteiger partial charge in [0.2, 0.25) is 11.6 Å². The summed E-state index contributed by atoms with van der Waals surface area (Å²) in [5, 5.41) is 0. The average Bonchev–Trinajstić information content (AvgIpc) is 3.52. The van der Waals surface area contributed by atoms with Crippen molar-refractivity contribution in [3.8, 4) is 11.5 Å². The Morgan fingerprint density at radius 3 is 2.60 bits per heavy atom. The number of carbonyl (C=O) groups is 3. The number of ketones is 2. The van der Waals surface area contributed by atoms with Gasteiger partial charge in [-0.1, -0.05) is 6.07 Å². The van der Waals surface area contributed by atoms with Gasteiger partial charge in [-0.05, 0) is 42.7 Å². The number of hydrogen-bond donors (Lipinski definition) is 0. The Labute approximate surface area is 173 Å². The number of furan rings is 1. The summed E-state index contributed by atoms with van der Waals surface area (Å²) in [5.74, 6) is -2.15. The van der Waals surface area contributed by atoms with Crippen LogP contribution < -0.4 is 9.47 Å². The molecule has 2 aliphatic heterocycles. The molecule has 1 amide bonds. The molecule has 3 heterocycles. The summed E-state index contributed by atoms with van der Waals surface area (Å²) >= 11 is 0. The van der Waals surface area contributed by atoms with Crippen LogP contribution in [0.3, 0.4) is 0 Å². The maximum absolute atomic E-state index is 13.1. The predicted molar refractivity (Wildman–Crippen MR) is 105 cm³/mol. The Balaban J connectivity index is 1.77. The minimum atomic E-state index is -1.21. The highest BCUT2D eigenvalue weighted by Gasteiger charge is 2.53. The Kier molecular flexibility index (Phi) is 5.59. The number of methoxy groups -OCH3 is 2. The lowest BCUT2D eigenvalue weighted by Crippen LogP contribution is -2.37. The summed E-state index contributed by atoms with van der Waals surface area (Å²) in [7, 11) is 3.02. The van der Waals surface area contributed by atoms with Crippen LogP contribution in [0.1, 0.15) is 35.0 Å². The van der Waals surface area contributed by atoms with Crippen LogP contribution in [-0.4, -0.2) is 55.8 Å². The molecular formula is C22H23NO7. The molecule has 3 atom stereocenters. The van der Waals surface area contributed by atoms with Crippen LogP contribution in [0.5, 0.6) is 11.5 Å². The van der Waals surface area contributed by atoms with Gasteiger partial charge in [-0.3, -0.25) is 14.4 Å². The first-order valence-electron chi connectivity index (χ1n) is 9.81. The SMILES string of the molecule is COc1ccc(C2C(C(=O)c3ccco3)C(=O)C(=O)N2CC2CCCO2)cc1OC. The standard InChI is InChI=1S/C22H23NO7/c1-27-15-8-7-13(11-17(15)28-2)19-18(20(24)16-6-4-10-30-16)21(25)22(26)23(19)12-14-5-3-9-29-14/h4,6-8,10-11,14,18-19H,3,5,9,12H2,1-2H3. The summed E-state index contributed by atoms with van der Waals surface area (Å²) in [6, 6.07) is 7.41. The summed E-state index contributed by atoms with van der Waals surface area (Å²) in [4.78, 5) is 40.4. The third kappa shape index (κ3) is 3.47. The summed E-state index contributed by atoms with van der Waals surface area (Å²) in [6.07, 6.45) is 2.90. The van der Waals surface area contributed by atoms with E-state index in [1.807, 2.05) is 0 Å². The van der Waals surface area contributed by atoms with Crippen molar-refractivity contribution in [1.82, 2.24) is 4.90 Å². The fourth-order valence-corrected chi connectivity index (χ4v) is 4.17. The fourth-order valence-electron chi connectivity index (χ4n) is 4.17. The van der Waals surface area contributed by atoms with E-state index in [0.717, 1.165) is 12.8 Å². The molecule has 158 valence electrons. The molecule has 4 rings (SSSR count). The minimum absolute atomic E-state index is 0.0468. The zero-order valence-corrected chi connectivity index (χ0v) is 16.8. The maximum atomic E-state index is 13.1. The summed E-state index contributed by atoms with van der Waals surface area (Å²) in [6.45, 7) is 0.863. The maximum Gasteiger partial charge on any atom is 0.291 e. The number of hydrogen-bond acceptors (Lipinski definition) is 7. The highest BCUT2D eigenvalue weighted by atomic mass is 16.5. The number of ether oxygens (including phenoxy) is 3. The molecule has 2 saturated heterocycles. The number of rotatable bonds is 7. The summed E-state index contributed by atoms with van der Waals surface area (Å²) < 4.78 is 21.6. The highest BCUT2D eigenvalue weighted by Crippen LogP contribution is 2.41. The predicted octanol–water partition coefficient (Wildman–Crippen LogP) is 2.43. The molecule has 2 aliphatic rings. The van der Waals surface area contributed by atoms with E-state index in [9.17, 15) is 14.4 Å². The van der Waals surface area contributed by atoms with Gasteiger partial charge in [0.05, 0.1) is 32.6 Å². The van der Waals surface area contributed by atoms with E-state index < -0.39 is 29.4 Å². The number of nitrogens with zero attached hydrogens (tertiary/aromatic N) is 1. The monoisotopic (exact) mass is 413 g/mol. The van der Waals surface area contributed by atoms with Gasteiger partial charge < -0.3 is 23.5 Å². The van der Waals surface area contributed by atoms with Crippen LogP contribution >= 0.6 is 0 Å². The molecule has 3 unspecified atom stereocenters. The number of Topliss-reactive ketones (excluding diaryl/α,β-unsaturated/α-hetero) is 2. The fraction of sp³-hybridized carbons (Fsp3) is 0.409. The van der Waals surface area contributed by atoms with Crippen molar-refractivity contribution in [2.24, 2.45) is 5.92 Å². The molecule has 2 aromatic rings. The first-order chi connectivity index (χ1) is 14.5. The van der Waals surface area contributed by atoms with E-state index in [4.69, 9.17) is 18.6 Å². The van der Waals surface area contributed by atoms with Crippen LogP contribution in [0.25, 0.3) is 0 Å². The van der Waals surface area contributed by atoms with Gasteiger partial charge >= 0.3 is 0 Å². The van der Waals surface area contributed by atoms with Crippen LogP contribution in [0.2, 0.25) is 0 Å². The molecule has 30 heavy (non-hydrogen) atoms. The molecule has 2 fully saturated rings. The molecule has 8 heteroatoms. The first kappa shape index (κ1) is 20.2. The van der Waals surface area contributed by atoms with Crippen molar-refractivity contribution in [2.45, 2.75) is 25.0 Å². The van der Waals surface area contributed by atoms with Crippen molar-refractivity contribution in [2.75, 3.05) is 27.4 Å². The smallest absolute Gasteiger partial charge is 0.291 e. The molecule has 1 aromatic carbocycles. The molecule has 0 spiro atoms. The van der Waals surface area contributed by atoms with E-state index in [1.165, 1.54) is 31.4 Å². The van der Waals surface area contributed by atoms with E-state index in [2.05, 4.69) is 0 Å². The molecule has 0 saturated carbocycles. The Morgan fingerprint density at radius 2 is 1.97 bits per heavy atom. The molecule has 8 nitrogen and oxygen atoms in total. The third-order valence-corrected chi connectivity index (χ3v) is 5.63. The van der Waals surface area contributed by atoms with Crippen LogP contribution in [0.15, 0.2) is 41.0 Å². The first-order valence-corrected chi connectivity index (χ1v) is 9.81. The topological polar surface area (TPSA) is 95.3 Å². The van der Waals surface area contributed by atoms with Crippen LogP contribution in [0, 0.1) is 5.92 Å². The molecule has 0 radical (unpaired) electrons. The Morgan fingerprint density at radius 1 is 1.17 bits per heavy atom. The minimum Gasteiger partial charge on any atom is -0.493 e. The lowest BCUT2D eigenvalue weighted by Gasteiger charge is -2.29. The zero-order chi connectivity index (χ0) is 21.3. The van der Waals surface area contributed by atoms with Crippen LogP contribution in [0.4, 0.5) is 0 Å². The third-order valence-electron chi connectivity index (χ3n) is 5.63. The second kappa shape index (κ2) is 8.31. The van der Waals surface area contributed by atoms with E-state index >= 15 is 0 Å². The van der Waals surface area contributed by atoms with Crippen molar-refractivity contribution in [3.05, 3.63) is 47.9 Å². The number of benzene rings is 1. The van der Waals surface area contributed by atoms with Gasteiger partial charge in [-0.15, -0.1) is 0 Å². The lowest BCUT2D eigenvalue weighted by atomic mass is 9.88. The normalized spacial score (nSPS) is 23.8. The van der Waals surface area contributed by atoms with Gasteiger partial charge in [0, 0.05) is 13.2 Å². The van der Waals surface area contributed by atoms with Gasteiger partial charge in [-0.25, -0.2) is 0 Å². The number of likely N-dealkylation sites (tertiary alicyclic amines) is 1. The Bertz CT molecular complexity index is 946. The van der Waals surface area contributed by atoms with Crippen molar-refractivity contribution in [3.63, 3.8) is 0 Å². The van der Waals surface area contributed by atoms with Gasteiger partial charge in [-0.2, -0.15) is 0 Å². The molecule has 0 bridgehead atoms. The van der Waals surface area contributed by atoms with E-state index in [1.54, 1.807) is 24.3 Å². The molecule has 0 aliphatic carbocycles. The molecular weight excluding hydrogens is 390 g/mol. The van der Waals surface area contributed by atoms with E-state index in [0.29, 0.717) is 23.7 Å².